The van der Waals surface area contributed by atoms with Gasteiger partial charge in [0.1, 0.15) is 6.54 Å². The largest absolute Gasteiger partial charge is 0.333 e. The van der Waals surface area contributed by atoms with Gasteiger partial charge < -0.3 is 4.90 Å². The third kappa shape index (κ3) is 4.73. The molecule has 1 aliphatic rings. The quantitative estimate of drug-likeness (QED) is 0.598. The molecular formula is C21H23N5O3S. The molecule has 1 fully saturated rings. The van der Waals surface area contributed by atoms with Crippen molar-refractivity contribution in [2.24, 2.45) is 0 Å². The Balaban J connectivity index is 1.52. The standard InChI is InChI=1S/C21H23N5O3S/c1-16-7-9-18(10-8-16)21-22-24-26(23-21)14-20(27)25(13-17-5-3-2-4-6-17)19-11-12-30(28,29)15-19/h2-10,19H,11-15H2,1H3. The van der Waals surface area contributed by atoms with Crippen LogP contribution >= 0.6 is 0 Å². The van der Waals surface area contributed by atoms with Gasteiger partial charge in [0.05, 0.1) is 11.5 Å². The van der Waals surface area contributed by atoms with E-state index in [4.69, 9.17) is 0 Å². The fourth-order valence-electron chi connectivity index (χ4n) is 3.56. The third-order valence-electron chi connectivity index (χ3n) is 5.20. The first kappa shape index (κ1) is 20.2. The molecule has 4 rings (SSSR count). The van der Waals surface area contributed by atoms with E-state index in [0.29, 0.717) is 18.8 Å². The molecule has 0 bridgehead atoms. The maximum atomic E-state index is 13.1. The monoisotopic (exact) mass is 425 g/mol. The molecule has 0 aliphatic carbocycles. The summed E-state index contributed by atoms with van der Waals surface area (Å²) in [4.78, 5) is 16.0. The lowest BCUT2D eigenvalue weighted by Gasteiger charge is -2.28. The molecule has 1 aromatic heterocycles. The number of amides is 1. The van der Waals surface area contributed by atoms with Crippen LogP contribution in [0.3, 0.4) is 0 Å². The van der Waals surface area contributed by atoms with Crippen molar-refractivity contribution in [2.45, 2.75) is 32.5 Å². The predicted molar refractivity (Wildman–Crippen MR) is 112 cm³/mol. The van der Waals surface area contributed by atoms with Crippen molar-refractivity contribution >= 4 is 15.7 Å². The summed E-state index contributed by atoms with van der Waals surface area (Å²) in [6.07, 6.45) is 0.445. The molecule has 1 aliphatic heterocycles. The molecule has 2 heterocycles. The van der Waals surface area contributed by atoms with Gasteiger partial charge in [0.15, 0.2) is 9.84 Å². The lowest BCUT2D eigenvalue weighted by molar-refractivity contribution is -0.134. The van der Waals surface area contributed by atoms with Crippen molar-refractivity contribution in [1.82, 2.24) is 25.1 Å². The lowest BCUT2D eigenvalue weighted by atomic mass is 10.1. The summed E-state index contributed by atoms with van der Waals surface area (Å²) in [6, 6.07) is 16.9. The summed E-state index contributed by atoms with van der Waals surface area (Å²) in [5.41, 5.74) is 2.90. The van der Waals surface area contributed by atoms with E-state index < -0.39 is 9.84 Å². The molecule has 0 N–H and O–H groups in total. The maximum Gasteiger partial charge on any atom is 0.246 e. The van der Waals surface area contributed by atoms with Crippen LogP contribution in [0.1, 0.15) is 17.5 Å². The van der Waals surface area contributed by atoms with Gasteiger partial charge in [-0.3, -0.25) is 4.79 Å². The van der Waals surface area contributed by atoms with Crippen molar-refractivity contribution in [3.8, 4) is 11.4 Å². The fourth-order valence-corrected chi connectivity index (χ4v) is 5.29. The van der Waals surface area contributed by atoms with Crippen LogP contribution in [0.15, 0.2) is 54.6 Å². The number of aromatic nitrogens is 4. The highest BCUT2D eigenvalue weighted by Crippen LogP contribution is 2.21. The highest BCUT2D eigenvalue weighted by atomic mass is 32.2. The normalized spacial score (nSPS) is 17.7. The van der Waals surface area contributed by atoms with E-state index in [-0.39, 0.29) is 30.0 Å². The van der Waals surface area contributed by atoms with Crippen molar-refractivity contribution < 1.29 is 13.2 Å². The number of hydrogen-bond acceptors (Lipinski definition) is 6. The minimum atomic E-state index is -3.12. The van der Waals surface area contributed by atoms with Gasteiger partial charge in [-0.15, -0.1) is 10.2 Å². The molecule has 2 aromatic carbocycles. The first-order valence-electron chi connectivity index (χ1n) is 9.78. The average Bonchev–Trinajstić information content (AvgIpc) is 3.33. The summed E-state index contributed by atoms with van der Waals surface area (Å²) in [5.74, 6) is 0.315. The lowest BCUT2D eigenvalue weighted by Crippen LogP contribution is -2.42. The van der Waals surface area contributed by atoms with E-state index in [9.17, 15) is 13.2 Å². The van der Waals surface area contributed by atoms with Crippen LogP contribution < -0.4 is 0 Å². The van der Waals surface area contributed by atoms with Gasteiger partial charge in [-0.1, -0.05) is 60.2 Å². The van der Waals surface area contributed by atoms with Gasteiger partial charge >= 0.3 is 0 Å². The topological polar surface area (TPSA) is 98.0 Å². The minimum Gasteiger partial charge on any atom is -0.333 e. The third-order valence-corrected chi connectivity index (χ3v) is 6.95. The molecule has 0 saturated carbocycles. The molecule has 3 aromatic rings. The second-order valence-corrected chi connectivity index (χ2v) is 9.80. The van der Waals surface area contributed by atoms with E-state index in [1.165, 1.54) is 4.80 Å². The number of nitrogens with zero attached hydrogens (tertiary/aromatic N) is 5. The second kappa shape index (κ2) is 8.35. The Bertz CT molecular complexity index is 1130. The number of rotatable bonds is 6. The summed E-state index contributed by atoms with van der Waals surface area (Å²) < 4.78 is 24.0. The van der Waals surface area contributed by atoms with Gasteiger partial charge in [-0.2, -0.15) is 4.80 Å². The van der Waals surface area contributed by atoms with Crippen molar-refractivity contribution in [3.63, 3.8) is 0 Å². The molecule has 1 amide bonds. The zero-order valence-electron chi connectivity index (χ0n) is 16.7. The summed E-state index contributed by atoms with van der Waals surface area (Å²) >= 11 is 0. The van der Waals surface area contributed by atoms with Crippen LogP contribution in [0.2, 0.25) is 0 Å². The van der Waals surface area contributed by atoms with Gasteiger partial charge in [-0.25, -0.2) is 8.42 Å². The molecule has 8 nitrogen and oxygen atoms in total. The number of benzene rings is 2. The summed E-state index contributed by atoms with van der Waals surface area (Å²) in [6.45, 7) is 2.25. The first-order valence-corrected chi connectivity index (χ1v) is 11.6. The van der Waals surface area contributed by atoms with Crippen LogP contribution in [-0.2, 0) is 27.7 Å². The molecule has 1 unspecified atom stereocenters. The Kier molecular flexibility index (Phi) is 5.63. The SMILES string of the molecule is Cc1ccc(-c2nnn(CC(=O)N(Cc3ccccc3)C3CCS(=O)(=O)C3)n2)cc1. The van der Waals surface area contributed by atoms with Crippen molar-refractivity contribution in [2.75, 3.05) is 11.5 Å². The Morgan fingerprint density at radius 3 is 2.53 bits per heavy atom. The molecule has 1 atom stereocenters. The second-order valence-electron chi connectivity index (χ2n) is 7.57. The summed E-state index contributed by atoms with van der Waals surface area (Å²) in [5, 5.41) is 12.4. The predicted octanol–water partition coefficient (Wildman–Crippen LogP) is 1.86. The van der Waals surface area contributed by atoms with Crippen molar-refractivity contribution in [1.29, 1.82) is 0 Å². The van der Waals surface area contributed by atoms with Crippen LogP contribution in [-0.4, -0.2) is 57.0 Å². The number of carbonyl (C=O) groups is 1. The van der Waals surface area contributed by atoms with Gasteiger partial charge in [0, 0.05) is 18.2 Å². The van der Waals surface area contributed by atoms with Gasteiger partial charge in [0.25, 0.3) is 0 Å². The maximum absolute atomic E-state index is 13.1. The number of hydrogen-bond donors (Lipinski definition) is 0. The van der Waals surface area contributed by atoms with E-state index in [1.807, 2.05) is 61.5 Å². The average molecular weight is 426 g/mol. The van der Waals surface area contributed by atoms with E-state index >= 15 is 0 Å². The Hall–Kier alpha value is -3.07. The van der Waals surface area contributed by atoms with Crippen LogP contribution in [0.5, 0.6) is 0 Å². The van der Waals surface area contributed by atoms with E-state index in [2.05, 4.69) is 15.4 Å². The number of aryl methyl sites for hydroxylation is 1. The fraction of sp³-hybridized carbons (Fsp3) is 0.333. The summed E-state index contributed by atoms with van der Waals surface area (Å²) in [7, 11) is -3.12. The van der Waals surface area contributed by atoms with Crippen LogP contribution in [0.4, 0.5) is 0 Å². The molecular weight excluding hydrogens is 402 g/mol. The van der Waals surface area contributed by atoms with Gasteiger partial charge in [-0.05, 0) is 24.1 Å². The first-order chi connectivity index (χ1) is 14.4. The smallest absolute Gasteiger partial charge is 0.246 e. The molecule has 30 heavy (non-hydrogen) atoms. The Morgan fingerprint density at radius 2 is 1.87 bits per heavy atom. The van der Waals surface area contributed by atoms with E-state index in [0.717, 1.165) is 16.7 Å². The van der Waals surface area contributed by atoms with Crippen LogP contribution in [0, 0.1) is 6.92 Å². The molecule has 9 heteroatoms. The molecule has 156 valence electrons. The molecule has 0 spiro atoms. The Labute approximate surface area is 175 Å². The zero-order valence-corrected chi connectivity index (χ0v) is 17.5. The number of sulfone groups is 1. The minimum absolute atomic E-state index is 0.00895. The van der Waals surface area contributed by atoms with Crippen molar-refractivity contribution in [3.05, 3.63) is 65.7 Å². The molecule has 1 saturated heterocycles. The van der Waals surface area contributed by atoms with Crippen LogP contribution in [0.25, 0.3) is 11.4 Å². The number of tetrazole rings is 1. The highest BCUT2D eigenvalue weighted by Gasteiger charge is 2.35. The van der Waals surface area contributed by atoms with E-state index in [1.54, 1.807) is 4.90 Å². The Morgan fingerprint density at radius 1 is 1.13 bits per heavy atom. The zero-order chi connectivity index (χ0) is 21.1. The molecule has 0 radical (unpaired) electrons. The number of carbonyl (C=O) groups excluding carboxylic acids is 1. The van der Waals surface area contributed by atoms with Gasteiger partial charge in [0.2, 0.25) is 11.7 Å². The highest BCUT2D eigenvalue weighted by molar-refractivity contribution is 7.91.